The molecule has 1 aliphatic rings. The third-order valence-corrected chi connectivity index (χ3v) is 4.33. The van der Waals surface area contributed by atoms with Crippen LogP contribution in [0.15, 0.2) is 0 Å². The second-order valence-corrected chi connectivity index (χ2v) is 8.59. The zero-order valence-electron chi connectivity index (χ0n) is 15.7. The number of rotatable bonds is 5. The van der Waals surface area contributed by atoms with E-state index < -0.39 is 5.60 Å². The number of carbonyl (C=O) groups is 1. The number of nitrogens with zero attached hydrogens (tertiary/aromatic N) is 1. The second-order valence-electron chi connectivity index (χ2n) is 8.59. The smallest absolute Gasteiger partial charge is 0.410 e. The molecule has 0 aromatic carbocycles. The van der Waals surface area contributed by atoms with Gasteiger partial charge in [0.1, 0.15) is 5.60 Å². The molecule has 1 N–H and O–H groups in total. The molecule has 0 saturated heterocycles. The number of carbonyl (C=O) groups excluding carboxylic acids is 1. The summed E-state index contributed by atoms with van der Waals surface area (Å²) >= 11 is 0. The largest absolute Gasteiger partial charge is 0.444 e. The maximum atomic E-state index is 12.4. The molecule has 4 nitrogen and oxygen atoms in total. The van der Waals surface area contributed by atoms with Crippen LogP contribution in [0.25, 0.3) is 0 Å². The van der Waals surface area contributed by atoms with E-state index in [0.29, 0.717) is 12.6 Å². The van der Waals surface area contributed by atoms with Gasteiger partial charge < -0.3 is 15.0 Å². The predicted molar refractivity (Wildman–Crippen MR) is 92.1 cm³/mol. The van der Waals surface area contributed by atoms with Gasteiger partial charge in [0.2, 0.25) is 0 Å². The Morgan fingerprint density at radius 1 is 1.18 bits per heavy atom. The van der Waals surface area contributed by atoms with E-state index >= 15 is 0 Å². The summed E-state index contributed by atoms with van der Waals surface area (Å²) < 4.78 is 5.54. The summed E-state index contributed by atoms with van der Waals surface area (Å²) in [5, 5.41) is 3.60. The van der Waals surface area contributed by atoms with Gasteiger partial charge in [-0.2, -0.15) is 0 Å². The van der Waals surface area contributed by atoms with Gasteiger partial charge >= 0.3 is 6.09 Å². The molecular formula is C18H36N2O2. The Balaban J connectivity index is 2.50. The molecule has 0 aromatic heterocycles. The summed E-state index contributed by atoms with van der Waals surface area (Å²) in [5.74, 6) is 0.796. The normalized spacial score (nSPS) is 18.3. The zero-order valence-corrected chi connectivity index (χ0v) is 15.7. The van der Waals surface area contributed by atoms with Crippen molar-refractivity contribution in [2.45, 2.75) is 91.3 Å². The Labute approximate surface area is 137 Å². The molecule has 0 heterocycles. The van der Waals surface area contributed by atoms with Crippen molar-refractivity contribution in [1.29, 1.82) is 0 Å². The highest BCUT2D eigenvalue weighted by Gasteiger charge is 2.30. The summed E-state index contributed by atoms with van der Waals surface area (Å²) in [6, 6.07) is 0.531. The number of hydrogen-bond donors (Lipinski definition) is 1. The Morgan fingerprint density at radius 2 is 1.73 bits per heavy atom. The van der Waals surface area contributed by atoms with E-state index in [0.717, 1.165) is 12.5 Å². The molecule has 0 aromatic rings. The fourth-order valence-corrected chi connectivity index (χ4v) is 3.05. The number of hydrogen-bond acceptors (Lipinski definition) is 3. The van der Waals surface area contributed by atoms with E-state index in [4.69, 9.17) is 4.74 Å². The van der Waals surface area contributed by atoms with E-state index in [1.54, 1.807) is 0 Å². The molecule has 0 spiro atoms. The third kappa shape index (κ3) is 6.55. The van der Waals surface area contributed by atoms with Crippen LogP contribution in [0.1, 0.15) is 74.1 Å². The molecule has 0 aliphatic heterocycles. The highest BCUT2D eigenvalue weighted by Crippen LogP contribution is 2.27. The van der Waals surface area contributed by atoms with Gasteiger partial charge in [0, 0.05) is 24.7 Å². The molecule has 1 fully saturated rings. The van der Waals surface area contributed by atoms with Crippen LogP contribution in [0.2, 0.25) is 0 Å². The van der Waals surface area contributed by atoms with E-state index in [2.05, 4.69) is 33.0 Å². The van der Waals surface area contributed by atoms with Crippen LogP contribution < -0.4 is 5.32 Å². The molecule has 4 heteroatoms. The Hall–Kier alpha value is -0.770. The minimum atomic E-state index is -0.453. The molecule has 1 rings (SSSR count). The topological polar surface area (TPSA) is 41.6 Å². The van der Waals surface area contributed by atoms with Gasteiger partial charge in [0.25, 0.3) is 0 Å². The van der Waals surface area contributed by atoms with Gasteiger partial charge in [-0.15, -0.1) is 0 Å². The molecule has 1 saturated carbocycles. The molecule has 22 heavy (non-hydrogen) atoms. The van der Waals surface area contributed by atoms with E-state index in [1.807, 2.05) is 25.7 Å². The highest BCUT2D eigenvalue weighted by atomic mass is 16.6. The molecule has 0 radical (unpaired) electrons. The number of nitrogens with one attached hydrogen (secondary N) is 1. The first kappa shape index (κ1) is 19.3. The van der Waals surface area contributed by atoms with Crippen LogP contribution in [0.4, 0.5) is 4.79 Å². The van der Waals surface area contributed by atoms with Crippen LogP contribution in [0.3, 0.4) is 0 Å². The van der Waals surface area contributed by atoms with Crippen molar-refractivity contribution in [3.8, 4) is 0 Å². The van der Waals surface area contributed by atoms with Crippen LogP contribution >= 0.6 is 0 Å². The van der Waals surface area contributed by atoms with Gasteiger partial charge in [-0.1, -0.05) is 12.8 Å². The molecule has 1 atom stereocenters. The quantitative estimate of drug-likeness (QED) is 0.827. The van der Waals surface area contributed by atoms with Crippen molar-refractivity contribution in [1.82, 2.24) is 10.2 Å². The molecule has 0 bridgehead atoms. The average Bonchev–Trinajstić information content (AvgIpc) is 2.83. The lowest BCUT2D eigenvalue weighted by atomic mass is 10.00. The molecular weight excluding hydrogens is 276 g/mol. The Bertz CT molecular complexity index is 349. The minimum Gasteiger partial charge on any atom is -0.444 e. The van der Waals surface area contributed by atoms with Crippen molar-refractivity contribution in [3.63, 3.8) is 0 Å². The first-order chi connectivity index (χ1) is 10.0. The van der Waals surface area contributed by atoms with Crippen molar-refractivity contribution < 1.29 is 9.53 Å². The van der Waals surface area contributed by atoms with Gasteiger partial charge in [0.15, 0.2) is 0 Å². The fourth-order valence-electron chi connectivity index (χ4n) is 3.05. The highest BCUT2D eigenvalue weighted by molar-refractivity contribution is 5.69. The van der Waals surface area contributed by atoms with E-state index in [9.17, 15) is 4.79 Å². The van der Waals surface area contributed by atoms with Gasteiger partial charge in [0.05, 0.1) is 0 Å². The van der Waals surface area contributed by atoms with Crippen LogP contribution in [-0.4, -0.2) is 41.3 Å². The monoisotopic (exact) mass is 312 g/mol. The van der Waals surface area contributed by atoms with Crippen molar-refractivity contribution >= 4 is 6.09 Å². The van der Waals surface area contributed by atoms with Crippen molar-refractivity contribution in [2.24, 2.45) is 5.92 Å². The van der Waals surface area contributed by atoms with Gasteiger partial charge in [-0.3, -0.25) is 0 Å². The number of amides is 1. The summed E-state index contributed by atoms with van der Waals surface area (Å²) in [4.78, 5) is 14.2. The molecule has 130 valence electrons. The SMILES string of the molecule is C[C@H](NCCN(C(=O)OC(C)(C)C)C(C)(C)C)C1CCCC1. The van der Waals surface area contributed by atoms with Gasteiger partial charge in [-0.05, 0) is 67.2 Å². The lowest BCUT2D eigenvalue weighted by Crippen LogP contribution is -2.51. The van der Waals surface area contributed by atoms with Crippen molar-refractivity contribution in [3.05, 3.63) is 0 Å². The first-order valence-corrected chi connectivity index (χ1v) is 8.75. The van der Waals surface area contributed by atoms with Gasteiger partial charge in [-0.25, -0.2) is 4.79 Å². The summed E-state index contributed by atoms with van der Waals surface area (Å²) in [6.07, 6.45) is 5.17. The Kier molecular flexibility index (Phi) is 6.72. The molecule has 1 aliphatic carbocycles. The lowest BCUT2D eigenvalue weighted by Gasteiger charge is -2.37. The van der Waals surface area contributed by atoms with Crippen LogP contribution in [-0.2, 0) is 4.74 Å². The Morgan fingerprint density at radius 3 is 2.18 bits per heavy atom. The lowest BCUT2D eigenvalue weighted by molar-refractivity contribution is 0.00638. The first-order valence-electron chi connectivity index (χ1n) is 8.75. The fraction of sp³-hybridized carbons (Fsp3) is 0.944. The summed E-state index contributed by atoms with van der Waals surface area (Å²) in [6.45, 7) is 15.6. The maximum absolute atomic E-state index is 12.4. The maximum Gasteiger partial charge on any atom is 0.410 e. The molecule has 1 amide bonds. The standard InChI is InChI=1S/C18H36N2O2/c1-14(15-10-8-9-11-15)19-12-13-20(17(2,3)4)16(21)22-18(5,6)7/h14-15,19H,8-13H2,1-7H3/t14-/m0/s1. The number of ether oxygens (including phenoxy) is 1. The second kappa shape index (κ2) is 7.67. The molecule has 0 unspecified atom stereocenters. The van der Waals surface area contributed by atoms with Crippen molar-refractivity contribution in [2.75, 3.05) is 13.1 Å². The van der Waals surface area contributed by atoms with E-state index in [-0.39, 0.29) is 11.6 Å². The van der Waals surface area contributed by atoms with Crippen LogP contribution in [0.5, 0.6) is 0 Å². The minimum absolute atomic E-state index is 0.227. The third-order valence-electron chi connectivity index (χ3n) is 4.33. The zero-order chi connectivity index (χ0) is 17.0. The summed E-state index contributed by atoms with van der Waals surface area (Å²) in [7, 11) is 0. The van der Waals surface area contributed by atoms with Crippen LogP contribution in [0, 0.1) is 5.92 Å². The van der Waals surface area contributed by atoms with E-state index in [1.165, 1.54) is 25.7 Å². The predicted octanol–water partition coefficient (Wildman–Crippen LogP) is 4.19. The summed E-state index contributed by atoms with van der Waals surface area (Å²) in [5.41, 5.74) is -0.689. The average molecular weight is 312 g/mol.